The number of nitrogens with two attached hydrogens (primary N) is 1. The lowest BCUT2D eigenvalue weighted by Gasteiger charge is -2.29. The molecule has 0 atom stereocenters. The fraction of sp³-hybridized carbons (Fsp3) is 0.455. The second-order valence-electron chi connectivity index (χ2n) is 3.72. The normalized spacial score (nSPS) is 17.8. The predicted octanol–water partition coefficient (Wildman–Crippen LogP) is 1.62. The first-order valence-electron chi connectivity index (χ1n) is 5.33. The lowest BCUT2D eigenvalue weighted by molar-refractivity contribution is -0.418. The Morgan fingerprint density at radius 3 is 2.44 bits per heavy atom. The van der Waals surface area contributed by atoms with E-state index in [0.717, 1.165) is 31.6 Å². The number of rotatable bonds is 4. The van der Waals surface area contributed by atoms with Gasteiger partial charge in [-0.2, -0.15) is 0 Å². The molecule has 0 aromatic rings. The monoisotopic (exact) mass is 223 g/mol. The molecule has 0 radical (unpaired) electrons. The topological polar surface area (TPSA) is 72.4 Å². The van der Waals surface area contributed by atoms with Gasteiger partial charge >= 0.3 is 0 Å². The second kappa shape index (κ2) is 5.95. The van der Waals surface area contributed by atoms with Gasteiger partial charge in [-0.1, -0.05) is 0 Å². The van der Waals surface area contributed by atoms with Gasteiger partial charge in [0.15, 0.2) is 0 Å². The summed E-state index contributed by atoms with van der Waals surface area (Å²) in [5.74, 6) is 0. The standard InChI is InChI=1S/C11H17N3O2/c1-10(14(15)16)5-6-11(9-12)13-7-3-2-4-8-13/h5-6,9H,1-4,7-8,12H2/b6-5-,11-9+. The second-order valence-corrected chi connectivity index (χ2v) is 3.72. The van der Waals surface area contributed by atoms with E-state index in [1.165, 1.54) is 18.7 Å². The molecule has 1 rings (SSSR count). The first-order valence-corrected chi connectivity index (χ1v) is 5.33. The van der Waals surface area contributed by atoms with Crippen LogP contribution in [0.1, 0.15) is 19.3 Å². The van der Waals surface area contributed by atoms with E-state index >= 15 is 0 Å². The van der Waals surface area contributed by atoms with E-state index < -0.39 is 4.92 Å². The molecular formula is C11H17N3O2. The summed E-state index contributed by atoms with van der Waals surface area (Å²) in [5.41, 5.74) is 6.21. The number of allylic oxidation sites excluding steroid dienone is 2. The quantitative estimate of drug-likeness (QED) is 0.446. The predicted molar refractivity (Wildman–Crippen MR) is 63.0 cm³/mol. The maximum Gasteiger partial charge on any atom is 0.262 e. The molecule has 88 valence electrons. The van der Waals surface area contributed by atoms with E-state index in [4.69, 9.17) is 5.73 Å². The van der Waals surface area contributed by atoms with Crippen molar-refractivity contribution in [3.63, 3.8) is 0 Å². The van der Waals surface area contributed by atoms with Gasteiger partial charge in [0.25, 0.3) is 5.70 Å². The zero-order valence-electron chi connectivity index (χ0n) is 9.26. The van der Waals surface area contributed by atoms with Crippen molar-refractivity contribution in [3.05, 3.63) is 46.4 Å². The van der Waals surface area contributed by atoms with Gasteiger partial charge in [0, 0.05) is 25.4 Å². The van der Waals surface area contributed by atoms with Crippen LogP contribution in [-0.4, -0.2) is 22.9 Å². The molecule has 0 unspecified atom stereocenters. The van der Waals surface area contributed by atoms with E-state index in [1.54, 1.807) is 6.08 Å². The van der Waals surface area contributed by atoms with Crippen LogP contribution in [0.15, 0.2) is 36.3 Å². The zero-order chi connectivity index (χ0) is 12.0. The number of hydrogen-bond acceptors (Lipinski definition) is 4. The average Bonchev–Trinajstić information content (AvgIpc) is 2.30. The van der Waals surface area contributed by atoms with Crippen LogP contribution >= 0.6 is 0 Å². The Kier molecular flexibility index (Phi) is 4.57. The van der Waals surface area contributed by atoms with Gasteiger partial charge in [0.1, 0.15) is 0 Å². The summed E-state index contributed by atoms with van der Waals surface area (Å²) < 4.78 is 0. The Hall–Kier alpha value is -1.78. The van der Waals surface area contributed by atoms with Crippen molar-refractivity contribution < 1.29 is 4.92 Å². The third-order valence-corrected chi connectivity index (χ3v) is 2.57. The molecule has 0 aromatic heterocycles. The van der Waals surface area contributed by atoms with Gasteiger partial charge in [0.2, 0.25) is 0 Å². The van der Waals surface area contributed by atoms with Crippen LogP contribution in [-0.2, 0) is 0 Å². The van der Waals surface area contributed by atoms with Crippen LogP contribution in [0, 0.1) is 10.1 Å². The highest BCUT2D eigenvalue weighted by Crippen LogP contribution is 2.15. The van der Waals surface area contributed by atoms with Crippen molar-refractivity contribution in [1.29, 1.82) is 0 Å². The number of likely N-dealkylation sites (tertiary alicyclic amines) is 1. The van der Waals surface area contributed by atoms with E-state index in [2.05, 4.69) is 11.5 Å². The molecular weight excluding hydrogens is 206 g/mol. The summed E-state index contributed by atoms with van der Waals surface area (Å²) in [5, 5.41) is 10.4. The van der Waals surface area contributed by atoms with Crippen molar-refractivity contribution in [2.24, 2.45) is 5.73 Å². The minimum Gasteiger partial charge on any atom is -0.403 e. The number of nitrogens with zero attached hydrogens (tertiary/aromatic N) is 2. The molecule has 16 heavy (non-hydrogen) atoms. The Bertz CT molecular complexity index is 328. The van der Waals surface area contributed by atoms with E-state index in [0.29, 0.717) is 0 Å². The SMILES string of the molecule is C=C(/C=C\C(=C/N)N1CCCCC1)[N+](=O)[O-]. The summed E-state index contributed by atoms with van der Waals surface area (Å²) in [4.78, 5) is 12.0. The van der Waals surface area contributed by atoms with E-state index in [1.807, 2.05) is 0 Å². The zero-order valence-corrected chi connectivity index (χ0v) is 9.26. The van der Waals surface area contributed by atoms with Gasteiger partial charge in [-0.3, -0.25) is 10.1 Å². The maximum absolute atomic E-state index is 10.4. The molecule has 1 heterocycles. The fourth-order valence-electron chi connectivity index (χ4n) is 1.66. The largest absolute Gasteiger partial charge is 0.403 e. The highest BCUT2D eigenvalue weighted by atomic mass is 16.6. The van der Waals surface area contributed by atoms with Gasteiger partial charge in [-0.15, -0.1) is 0 Å². The van der Waals surface area contributed by atoms with Crippen LogP contribution in [0.25, 0.3) is 0 Å². The molecule has 0 aliphatic carbocycles. The third kappa shape index (κ3) is 3.42. The number of piperidine rings is 1. The van der Waals surface area contributed by atoms with Crippen molar-refractivity contribution in [3.8, 4) is 0 Å². The Morgan fingerprint density at radius 1 is 1.31 bits per heavy atom. The van der Waals surface area contributed by atoms with Gasteiger partial charge in [-0.25, -0.2) is 0 Å². The lowest BCUT2D eigenvalue weighted by Crippen LogP contribution is -2.28. The fourth-order valence-corrected chi connectivity index (χ4v) is 1.66. The summed E-state index contributed by atoms with van der Waals surface area (Å²) in [7, 11) is 0. The van der Waals surface area contributed by atoms with Gasteiger partial charge in [0.05, 0.1) is 10.6 Å². The van der Waals surface area contributed by atoms with Gasteiger partial charge in [-0.05, 0) is 31.9 Å². The molecule has 5 heteroatoms. The Morgan fingerprint density at radius 2 is 1.94 bits per heavy atom. The summed E-state index contributed by atoms with van der Waals surface area (Å²) in [6.45, 7) is 5.25. The third-order valence-electron chi connectivity index (χ3n) is 2.57. The Balaban J connectivity index is 2.61. The molecule has 2 N–H and O–H groups in total. The molecule has 1 fully saturated rings. The van der Waals surface area contributed by atoms with Crippen molar-refractivity contribution in [2.75, 3.05) is 13.1 Å². The van der Waals surface area contributed by atoms with Crippen LogP contribution < -0.4 is 5.73 Å². The van der Waals surface area contributed by atoms with Crippen LogP contribution in [0.2, 0.25) is 0 Å². The minimum absolute atomic E-state index is 0.128. The number of nitro groups is 1. The molecule has 0 spiro atoms. The first kappa shape index (κ1) is 12.3. The lowest BCUT2D eigenvalue weighted by atomic mass is 10.1. The molecule has 0 saturated carbocycles. The summed E-state index contributed by atoms with van der Waals surface area (Å²) in [6, 6.07) is 0. The van der Waals surface area contributed by atoms with E-state index in [-0.39, 0.29) is 5.70 Å². The number of hydrogen-bond donors (Lipinski definition) is 1. The Labute approximate surface area is 95.1 Å². The van der Waals surface area contributed by atoms with E-state index in [9.17, 15) is 10.1 Å². The molecule has 1 aliphatic heterocycles. The first-order chi connectivity index (χ1) is 7.65. The van der Waals surface area contributed by atoms with Crippen LogP contribution in [0.4, 0.5) is 0 Å². The molecule has 1 saturated heterocycles. The highest BCUT2D eigenvalue weighted by Gasteiger charge is 2.11. The smallest absolute Gasteiger partial charge is 0.262 e. The van der Waals surface area contributed by atoms with Crippen LogP contribution in [0.5, 0.6) is 0 Å². The van der Waals surface area contributed by atoms with Crippen molar-refractivity contribution in [1.82, 2.24) is 4.90 Å². The van der Waals surface area contributed by atoms with Gasteiger partial charge < -0.3 is 10.6 Å². The molecule has 0 aromatic carbocycles. The van der Waals surface area contributed by atoms with Crippen molar-refractivity contribution >= 4 is 0 Å². The molecule has 0 amide bonds. The van der Waals surface area contributed by atoms with Crippen LogP contribution in [0.3, 0.4) is 0 Å². The molecule has 0 bridgehead atoms. The highest BCUT2D eigenvalue weighted by molar-refractivity contribution is 5.22. The van der Waals surface area contributed by atoms with Crippen molar-refractivity contribution in [2.45, 2.75) is 19.3 Å². The summed E-state index contributed by atoms with van der Waals surface area (Å²) >= 11 is 0. The molecule has 5 nitrogen and oxygen atoms in total. The summed E-state index contributed by atoms with van der Waals surface area (Å²) in [6.07, 6.45) is 8.03. The average molecular weight is 223 g/mol. The molecule has 1 aliphatic rings. The minimum atomic E-state index is -0.513. The maximum atomic E-state index is 10.4.